The van der Waals surface area contributed by atoms with Crippen LogP contribution in [-0.4, -0.2) is 49.3 Å². The van der Waals surface area contributed by atoms with Gasteiger partial charge in [0.1, 0.15) is 0 Å². The molecule has 1 amide bonds. The van der Waals surface area contributed by atoms with E-state index in [1.807, 2.05) is 7.05 Å². The molecule has 28 heavy (non-hydrogen) atoms. The maximum Gasteiger partial charge on any atom is 0.226 e. The largest absolute Gasteiger partial charge is 0.393 e. The maximum atomic E-state index is 12.2. The van der Waals surface area contributed by atoms with E-state index in [-0.39, 0.29) is 34.4 Å². The predicted molar refractivity (Wildman–Crippen MR) is 108 cm³/mol. The number of hydrogen-bond acceptors (Lipinski definition) is 4. The fourth-order valence-corrected chi connectivity index (χ4v) is 8.20. The van der Waals surface area contributed by atoms with Crippen molar-refractivity contribution in [2.24, 2.45) is 28.6 Å². The first-order valence-corrected chi connectivity index (χ1v) is 12.3. The molecule has 6 nitrogen and oxygen atoms in total. The summed E-state index contributed by atoms with van der Waals surface area (Å²) < 4.78 is 27.4. The maximum absolute atomic E-state index is 12.2. The van der Waals surface area contributed by atoms with Gasteiger partial charge < -0.3 is 10.0 Å². The molecule has 2 N–H and O–H groups in total. The molecule has 3 unspecified atom stereocenters. The molecule has 7 heteroatoms. The number of carbonyl (C=O) groups excluding carboxylic acids is 1. The molecule has 1 aliphatic heterocycles. The zero-order valence-electron chi connectivity index (χ0n) is 17.4. The number of piperidine rings is 1. The number of hydrogen-bond donors (Lipinski definition) is 2. The van der Waals surface area contributed by atoms with Crippen molar-refractivity contribution in [3.63, 3.8) is 0 Å². The molecule has 158 valence electrons. The molecule has 0 aromatic rings. The Balaban J connectivity index is 1.68. The zero-order chi connectivity index (χ0) is 20.5. The lowest BCUT2D eigenvalue weighted by Crippen LogP contribution is -2.60. The highest BCUT2D eigenvalue weighted by Crippen LogP contribution is 2.64. The first-order chi connectivity index (χ1) is 13.0. The summed E-state index contributed by atoms with van der Waals surface area (Å²) in [6.45, 7) is 6.06. The number of amides is 1. The lowest BCUT2D eigenvalue weighted by atomic mass is 9.48. The van der Waals surface area contributed by atoms with Crippen molar-refractivity contribution >= 4 is 15.9 Å². The van der Waals surface area contributed by atoms with Crippen LogP contribution < -0.4 is 4.72 Å². The molecule has 2 saturated carbocycles. The normalized spacial score (nSPS) is 45.9. The molecule has 3 fully saturated rings. The Morgan fingerprint density at radius 3 is 2.71 bits per heavy atom. The molecule has 0 aromatic carbocycles. The van der Waals surface area contributed by atoms with Gasteiger partial charge in [-0.3, -0.25) is 4.79 Å². The summed E-state index contributed by atoms with van der Waals surface area (Å²) in [7, 11) is -1.41. The van der Waals surface area contributed by atoms with Crippen LogP contribution in [0.3, 0.4) is 0 Å². The van der Waals surface area contributed by atoms with Gasteiger partial charge in [0.15, 0.2) is 0 Å². The van der Waals surface area contributed by atoms with Crippen LogP contribution in [0.5, 0.6) is 0 Å². The quantitative estimate of drug-likeness (QED) is 0.747. The second-order valence-electron chi connectivity index (χ2n) is 9.92. The Hall–Kier alpha value is -0.920. The molecule has 7 atom stereocenters. The van der Waals surface area contributed by atoms with Crippen LogP contribution in [-0.2, 0) is 14.8 Å². The van der Waals surface area contributed by atoms with Crippen molar-refractivity contribution in [3.05, 3.63) is 11.8 Å². The topological polar surface area (TPSA) is 86.7 Å². The lowest BCUT2D eigenvalue weighted by Gasteiger charge is -2.60. The van der Waals surface area contributed by atoms with Gasteiger partial charge in [-0.2, -0.15) is 0 Å². The number of likely N-dealkylation sites (tertiary alicyclic amines) is 1. The zero-order valence-corrected chi connectivity index (χ0v) is 18.3. The average molecular weight is 411 g/mol. The Morgan fingerprint density at radius 1 is 1.32 bits per heavy atom. The van der Waals surface area contributed by atoms with Gasteiger partial charge in [0.25, 0.3) is 0 Å². The van der Waals surface area contributed by atoms with E-state index < -0.39 is 16.1 Å². The van der Waals surface area contributed by atoms with E-state index in [0.29, 0.717) is 24.7 Å². The molecule has 0 radical (unpaired) electrons. The Labute approximate surface area is 168 Å². The van der Waals surface area contributed by atoms with Crippen molar-refractivity contribution in [2.75, 3.05) is 12.8 Å². The third-order valence-corrected chi connectivity index (χ3v) is 10.1. The van der Waals surface area contributed by atoms with Crippen LogP contribution in [0.4, 0.5) is 0 Å². The summed E-state index contributed by atoms with van der Waals surface area (Å²) in [5, 5.41) is 11.3. The smallest absolute Gasteiger partial charge is 0.226 e. The summed E-state index contributed by atoms with van der Waals surface area (Å²) in [6, 6.07) is -0.105. The number of nitrogens with one attached hydrogen (secondary N) is 1. The van der Waals surface area contributed by atoms with Crippen molar-refractivity contribution in [3.8, 4) is 0 Å². The molecule has 0 spiro atoms. The van der Waals surface area contributed by atoms with Crippen molar-refractivity contribution in [1.29, 1.82) is 0 Å². The fraction of sp³-hybridized carbons (Fsp3) is 0.857. The van der Waals surface area contributed by atoms with E-state index in [2.05, 4.69) is 24.6 Å². The summed E-state index contributed by atoms with van der Waals surface area (Å²) in [5.74, 6) is 1.10. The summed E-state index contributed by atoms with van der Waals surface area (Å²) in [6.07, 6.45) is 6.37. The highest BCUT2D eigenvalue weighted by Gasteiger charge is 2.62. The number of fused-ring (bicyclic) bond motifs is 5. The summed E-state index contributed by atoms with van der Waals surface area (Å²) in [4.78, 5) is 14.0. The third kappa shape index (κ3) is 2.80. The number of aliphatic hydroxyl groups is 1. The van der Waals surface area contributed by atoms with Crippen LogP contribution in [0.1, 0.15) is 59.3 Å². The average Bonchev–Trinajstić information content (AvgIpc) is 2.93. The molecule has 0 aromatic heterocycles. The number of allylic oxidation sites excluding steroid dienone is 2. The first kappa shape index (κ1) is 20.4. The van der Waals surface area contributed by atoms with Gasteiger partial charge in [0.05, 0.1) is 11.9 Å². The van der Waals surface area contributed by atoms with Crippen LogP contribution in [0.25, 0.3) is 0 Å². The van der Waals surface area contributed by atoms with E-state index in [9.17, 15) is 18.3 Å². The minimum atomic E-state index is -3.27. The number of rotatable bonds is 3. The van der Waals surface area contributed by atoms with Crippen LogP contribution in [0.15, 0.2) is 11.8 Å². The van der Waals surface area contributed by atoms with Crippen molar-refractivity contribution in [2.45, 2.75) is 71.4 Å². The molecule has 1 saturated heterocycles. The van der Waals surface area contributed by atoms with Gasteiger partial charge in [-0.25, -0.2) is 13.1 Å². The highest BCUT2D eigenvalue weighted by atomic mass is 32.2. The summed E-state index contributed by atoms with van der Waals surface area (Å²) >= 11 is 0. The predicted octanol–water partition coefficient (Wildman–Crippen LogP) is 2.25. The number of carbonyl (C=O) groups is 1. The van der Waals surface area contributed by atoms with Crippen LogP contribution in [0, 0.1) is 28.6 Å². The lowest BCUT2D eigenvalue weighted by molar-refractivity contribution is -0.145. The first-order valence-electron chi connectivity index (χ1n) is 10.7. The van der Waals surface area contributed by atoms with Crippen molar-refractivity contribution < 1.29 is 18.3 Å². The number of nitrogens with zero attached hydrogens (tertiary/aromatic N) is 1. The standard InChI is InChI=1S/C21H34N2O4S/c1-5-28(26,27)22-16-8-7-14-13-6-9-17-20(2,11-10-18(25)23(17)4)19(13)15(24)12-21(14,16)3/h9,13-16,19,22,24H,5-8,10-12H2,1-4H3/t13?,14?,15-,16-,19?,20-,21-/m0/s1. The van der Waals surface area contributed by atoms with Gasteiger partial charge in [0, 0.05) is 30.6 Å². The van der Waals surface area contributed by atoms with E-state index in [1.54, 1.807) is 11.8 Å². The minimum Gasteiger partial charge on any atom is -0.393 e. The minimum absolute atomic E-state index is 0.0867. The number of sulfonamides is 1. The molecule has 4 rings (SSSR count). The summed E-state index contributed by atoms with van der Waals surface area (Å²) in [5.41, 5.74) is 0.669. The fourth-order valence-electron chi connectivity index (χ4n) is 7.21. The highest BCUT2D eigenvalue weighted by molar-refractivity contribution is 7.89. The Kier molecular flexibility index (Phi) is 4.76. The molecule has 0 bridgehead atoms. The Bertz CT molecular complexity index is 809. The van der Waals surface area contributed by atoms with Gasteiger partial charge in [0.2, 0.25) is 15.9 Å². The van der Waals surface area contributed by atoms with Gasteiger partial charge in [-0.1, -0.05) is 19.9 Å². The molecule has 4 aliphatic rings. The molecular weight excluding hydrogens is 376 g/mol. The monoisotopic (exact) mass is 410 g/mol. The third-order valence-electron chi connectivity index (χ3n) is 8.65. The second kappa shape index (κ2) is 6.54. The van der Waals surface area contributed by atoms with Gasteiger partial charge in [-0.15, -0.1) is 0 Å². The van der Waals surface area contributed by atoms with Gasteiger partial charge >= 0.3 is 0 Å². The Morgan fingerprint density at radius 2 is 2.04 bits per heavy atom. The molecular formula is C21H34N2O4S. The van der Waals surface area contributed by atoms with Gasteiger partial charge in [-0.05, 0) is 62.2 Å². The second-order valence-corrected chi connectivity index (χ2v) is 12.0. The number of aliphatic hydroxyl groups excluding tert-OH is 1. The van der Waals surface area contributed by atoms with E-state index in [1.165, 1.54) is 0 Å². The van der Waals surface area contributed by atoms with Crippen molar-refractivity contribution in [1.82, 2.24) is 9.62 Å². The van der Waals surface area contributed by atoms with E-state index in [4.69, 9.17) is 0 Å². The van der Waals surface area contributed by atoms with E-state index >= 15 is 0 Å². The molecule has 3 aliphatic carbocycles. The van der Waals surface area contributed by atoms with Crippen LogP contribution >= 0.6 is 0 Å². The molecule has 1 heterocycles. The SMILES string of the molecule is CCS(=O)(=O)N[C@H]1CCC2C3CC=C4N(C)C(=O)CC[C@]4(C)C3[C@@H](O)C[C@@]21C. The van der Waals surface area contributed by atoms with E-state index in [0.717, 1.165) is 31.4 Å². The van der Waals surface area contributed by atoms with Crippen LogP contribution in [0.2, 0.25) is 0 Å².